The lowest BCUT2D eigenvalue weighted by atomic mass is 9.81. The molecule has 18 heavy (non-hydrogen) atoms. The summed E-state index contributed by atoms with van der Waals surface area (Å²) >= 11 is 0. The van der Waals surface area contributed by atoms with Gasteiger partial charge in [-0.15, -0.1) is 0 Å². The summed E-state index contributed by atoms with van der Waals surface area (Å²) < 4.78 is 13.8. The van der Waals surface area contributed by atoms with Gasteiger partial charge in [0.1, 0.15) is 5.82 Å². The van der Waals surface area contributed by atoms with Crippen molar-refractivity contribution < 1.29 is 4.39 Å². The predicted octanol–water partition coefficient (Wildman–Crippen LogP) is 4.55. The third-order valence-corrected chi connectivity index (χ3v) is 4.06. The second-order valence-electron chi connectivity index (χ2n) is 6.01. The Bertz CT molecular complexity index is 371. The van der Waals surface area contributed by atoms with E-state index in [2.05, 4.69) is 39.9 Å². The molecule has 0 spiro atoms. The summed E-state index contributed by atoms with van der Waals surface area (Å²) in [7, 11) is 0. The quantitative estimate of drug-likeness (QED) is 0.782. The van der Waals surface area contributed by atoms with Crippen molar-refractivity contribution in [1.82, 2.24) is 5.32 Å². The van der Waals surface area contributed by atoms with Gasteiger partial charge in [-0.3, -0.25) is 0 Å². The van der Waals surface area contributed by atoms with Crippen LogP contribution < -0.4 is 5.32 Å². The highest BCUT2D eigenvalue weighted by molar-refractivity contribution is 5.21. The fraction of sp³-hybridized carbons (Fsp3) is 0.625. The minimum absolute atomic E-state index is 0.101. The Balaban J connectivity index is 2.72. The lowest BCUT2D eigenvalue weighted by Crippen LogP contribution is -2.35. The smallest absolute Gasteiger partial charge is 0.127 e. The van der Waals surface area contributed by atoms with Gasteiger partial charge < -0.3 is 5.32 Å². The Morgan fingerprint density at radius 1 is 1.22 bits per heavy atom. The van der Waals surface area contributed by atoms with Crippen LogP contribution in [0.15, 0.2) is 24.3 Å². The molecule has 2 heteroatoms. The highest BCUT2D eigenvalue weighted by Gasteiger charge is 2.24. The standard InChI is InChI=1S/C16H26FN/c1-6-15(13-9-7-8-10-14(13)17)18-11-16(4,5)12(2)3/h7-10,12,15,18H,6,11H2,1-5H3. The van der Waals surface area contributed by atoms with Crippen LogP contribution in [0.5, 0.6) is 0 Å². The third kappa shape index (κ3) is 3.81. The first-order chi connectivity index (χ1) is 8.38. The van der Waals surface area contributed by atoms with Gasteiger partial charge in [-0.25, -0.2) is 4.39 Å². The van der Waals surface area contributed by atoms with Gasteiger partial charge >= 0.3 is 0 Å². The highest BCUT2D eigenvalue weighted by Crippen LogP contribution is 2.27. The Labute approximate surface area is 111 Å². The van der Waals surface area contributed by atoms with Crippen LogP contribution in [0.1, 0.15) is 52.6 Å². The molecule has 0 saturated heterocycles. The number of halogens is 1. The minimum atomic E-state index is -0.112. The van der Waals surface area contributed by atoms with Gasteiger partial charge in [0.2, 0.25) is 0 Å². The molecule has 0 radical (unpaired) electrons. The monoisotopic (exact) mass is 251 g/mol. The fourth-order valence-electron chi connectivity index (χ4n) is 1.82. The van der Waals surface area contributed by atoms with Crippen LogP contribution in [0.4, 0.5) is 4.39 Å². The van der Waals surface area contributed by atoms with E-state index in [1.807, 2.05) is 12.1 Å². The van der Waals surface area contributed by atoms with E-state index >= 15 is 0 Å². The predicted molar refractivity (Wildman–Crippen MR) is 76.1 cm³/mol. The molecule has 1 rings (SSSR count). The molecule has 1 N–H and O–H groups in total. The highest BCUT2D eigenvalue weighted by atomic mass is 19.1. The number of hydrogen-bond donors (Lipinski definition) is 1. The van der Waals surface area contributed by atoms with Gasteiger partial charge in [0.25, 0.3) is 0 Å². The van der Waals surface area contributed by atoms with E-state index < -0.39 is 0 Å². The average Bonchev–Trinajstić information content (AvgIpc) is 2.31. The molecule has 1 aromatic rings. The maximum absolute atomic E-state index is 13.8. The maximum Gasteiger partial charge on any atom is 0.127 e. The molecule has 1 atom stereocenters. The molecule has 0 saturated carbocycles. The third-order valence-electron chi connectivity index (χ3n) is 4.06. The SMILES string of the molecule is CCC(NCC(C)(C)C(C)C)c1ccccc1F. The summed E-state index contributed by atoms with van der Waals surface area (Å²) in [5.41, 5.74) is 0.998. The molecule has 1 nitrogen and oxygen atoms in total. The first-order valence-corrected chi connectivity index (χ1v) is 6.86. The van der Waals surface area contributed by atoms with Crippen molar-refractivity contribution >= 4 is 0 Å². The van der Waals surface area contributed by atoms with E-state index in [9.17, 15) is 4.39 Å². The van der Waals surface area contributed by atoms with Gasteiger partial charge in [-0.1, -0.05) is 52.8 Å². The Kier molecular flexibility index (Phi) is 5.33. The van der Waals surface area contributed by atoms with E-state index in [-0.39, 0.29) is 17.3 Å². The molecule has 0 aliphatic heterocycles. The lowest BCUT2D eigenvalue weighted by Gasteiger charge is -2.32. The zero-order chi connectivity index (χ0) is 13.8. The van der Waals surface area contributed by atoms with Gasteiger partial charge in [0, 0.05) is 18.2 Å². The van der Waals surface area contributed by atoms with Crippen LogP contribution >= 0.6 is 0 Å². The number of benzene rings is 1. The van der Waals surface area contributed by atoms with Crippen molar-refractivity contribution in [3.8, 4) is 0 Å². The molecular weight excluding hydrogens is 225 g/mol. The molecule has 0 aliphatic rings. The van der Waals surface area contributed by atoms with Crippen molar-refractivity contribution in [2.45, 2.75) is 47.1 Å². The van der Waals surface area contributed by atoms with Crippen LogP contribution in [-0.2, 0) is 0 Å². The van der Waals surface area contributed by atoms with Crippen molar-refractivity contribution in [2.75, 3.05) is 6.54 Å². The molecule has 102 valence electrons. The topological polar surface area (TPSA) is 12.0 Å². The van der Waals surface area contributed by atoms with Crippen LogP contribution in [-0.4, -0.2) is 6.54 Å². The molecule has 1 aromatic carbocycles. The van der Waals surface area contributed by atoms with Gasteiger partial charge in [-0.2, -0.15) is 0 Å². The van der Waals surface area contributed by atoms with Crippen molar-refractivity contribution in [3.05, 3.63) is 35.6 Å². The summed E-state index contributed by atoms with van der Waals surface area (Å²) in [5.74, 6) is 0.488. The minimum Gasteiger partial charge on any atom is -0.309 e. The Hall–Kier alpha value is -0.890. The summed E-state index contributed by atoms with van der Waals surface area (Å²) in [6.07, 6.45) is 0.898. The first kappa shape index (κ1) is 15.2. The largest absolute Gasteiger partial charge is 0.309 e. The molecule has 0 heterocycles. The molecule has 0 aliphatic carbocycles. The molecular formula is C16H26FN. The van der Waals surface area contributed by atoms with E-state index in [0.717, 1.165) is 18.5 Å². The average molecular weight is 251 g/mol. The Morgan fingerprint density at radius 3 is 2.33 bits per heavy atom. The fourth-order valence-corrected chi connectivity index (χ4v) is 1.82. The first-order valence-electron chi connectivity index (χ1n) is 6.86. The Morgan fingerprint density at radius 2 is 1.83 bits per heavy atom. The molecule has 0 aromatic heterocycles. The van der Waals surface area contributed by atoms with E-state index in [4.69, 9.17) is 0 Å². The second-order valence-corrected chi connectivity index (χ2v) is 6.01. The van der Waals surface area contributed by atoms with Gasteiger partial charge in [-0.05, 0) is 23.8 Å². The molecule has 0 amide bonds. The van der Waals surface area contributed by atoms with Crippen molar-refractivity contribution in [3.63, 3.8) is 0 Å². The second kappa shape index (κ2) is 6.33. The summed E-state index contributed by atoms with van der Waals surface area (Å²) in [4.78, 5) is 0. The number of rotatable bonds is 6. The van der Waals surface area contributed by atoms with Crippen molar-refractivity contribution in [1.29, 1.82) is 0 Å². The van der Waals surface area contributed by atoms with E-state index in [1.165, 1.54) is 6.07 Å². The van der Waals surface area contributed by atoms with Crippen molar-refractivity contribution in [2.24, 2.45) is 11.3 Å². The molecule has 1 unspecified atom stereocenters. The summed E-state index contributed by atoms with van der Waals surface area (Å²) in [6.45, 7) is 11.9. The zero-order valence-electron chi connectivity index (χ0n) is 12.3. The van der Waals surface area contributed by atoms with Gasteiger partial charge in [0.15, 0.2) is 0 Å². The van der Waals surface area contributed by atoms with E-state index in [1.54, 1.807) is 6.07 Å². The number of hydrogen-bond acceptors (Lipinski definition) is 1. The zero-order valence-corrected chi connectivity index (χ0v) is 12.3. The number of nitrogens with one attached hydrogen (secondary N) is 1. The summed E-state index contributed by atoms with van der Waals surface area (Å²) in [6, 6.07) is 7.15. The molecule has 0 bridgehead atoms. The van der Waals surface area contributed by atoms with E-state index in [0.29, 0.717) is 5.92 Å². The lowest BCUT2D eigenvalue weighted by molar-refractivity contribution is 0.226. The normalized spacial score (nSPS) is 13.9. The maximum atomic E-state index is 13.8. The van der Waals surface area contributed by atoms with Gasteiger partial charge in [0.05, 0.1) is 0 Å². The van der Waals surface area contributed by atoms with Crippen LogP contribution in [0.2, 0.25) is 0 Å². The van der Waals surface area contributed by atoms with Crippen LogP contribution in [0, 0.1) is 17.2 Å². The van der Waals surface area contributed by atoms with Crippen LogP contribution in [0.3, 0.4) is 0 Å². The summed E-state index contributed by atoms with van der Waals surface area (Å²) in [5, 5.41) is 3.51. The van der Waals surface area contributed by atoms with Crippen LogP contribution in [0.25, 0.3) is 0 Å². The molecule has 0 fully saturated rings.